The van der Waals surface area contributed by atoms with Gasteiger partial charge in [-0.25, -0.2) is 0 Å². The molecule has 0 aliphatic carbocycles. The fraction of sp³-hybridized carbons (Fsp3) is 0.941. The Hall–Kier alpha value is -0.433. The molecule has 6 heteroatoms. The fourth-order valence-electron chi connectivity index (χ4n) is 3.71. The Bertz CT molecular complexity index is 499. The quantitative estimate of drug-likeness (QED) is 0.725. The first-order valence-electron chi connectivity index (χ1n) is 8.74. The van der Waals surface area contributed by atoms with Crippen molar-refractivity contribution < 1.29 is 18.7 Å². The fourth-order valence-corrected chi connectivity index (χ4v) is 5.03. The summed E-state index contributed by atoms with van der Waals surface area (Å²) in [5, 5.41) is 0.138. The van der Waals surface area contributed by atoms with Crippen LogP contribution in [0.4, 0.5) is 0 Å². The van der Waals surface area contributed by atoms with Crippen LogP contribution in [0.2, 0.25) is 18.1 Å². The van der Waals surface area contributed by atoms with Gasteiger partial charge in [-0.1, -0.05) is 20.8 Å². The van der Waals surface area contributed by atoms with Gasteiger partial charge >= 0.3 is 0 Å². The molecule has 0 saturated carbocycles. The van der Waals surface area contributed by atoms with Crippen LogP contribution in [0.25, 0.3) is 0 Å². The van der Waals surface area contributed by atoms with Gasteiger partial charge in [0.1, 0.15) is 6.10 Å². The highest BCUT2D eigenvalue weighted by atomic mass is 28.4. The maximum Gasteiger partial charge on any atom is 0.223 e. The lowest BCUT2D eigenvalue weighted by atomic mass is 10.0. The molecule has 0 N–H and O–H groups in total. The zero-order valence-electron chi connectivity index (χ0n) is 15.5. The van der Waals surface area contributed by atoms with E-state index in [1.165, 1.54) is 0 Å². The maximum absolute atomic E-state index is 12.4. The summed E-state index contributed by atoms with van der Waals surface area (Å²) < 4.78 is 18.8. The van der Waals surface area contributed by atoms with Gasteiger partial charge in [-0.15, -0.1) is 0 Å². The van der Waals surface area contributed by atoms with Crippen LogP contribution < -0.4 is 0 Å². The molecule has 132 valence electrons. The van der Waals surface area contributed by atoms with Crippen molar-refractivity contribution in [2.75, 3.05) is 6.61 Å². The minimum atomic E-state index is -1.93. The van der Waals surface area contributed by atoms with Crippen LogP contribution in [0.1, 0.15) is 47.5 Å². The number of hydrogen-bond acceptors (Lipinski definition) is 4. The third-order valence-corrected chi connectivity index (χ3v) is 10.5. The minimum absolute atomic E-state index is 0.00204. The standard InChI is InChI=1S/C17H31NO4Si/c1-16(2,3)23(6,7)22-15-11-8-9-13(19)18(11)12-10-20-17(4,5)21-14(12)15/h11-12,14-15H,8-10H2,1-7H3/t11-,12+,14-,15+/m0/s1. The Labute approximate surface area is 140 Å². The molecular formula is C17H31NO4Si. The first-order valence-corrected chi connectivity index (χ1v) is 11.6. The van der Waals surface area contributed by atoms with Gasteiger partial charge in [-0.05, 0) is 38.4 Å². The number of hydrogen-bond donors (Lipinski definition) is 0. The molecule has 3 heterocycles. The lowest BCUT2D eigenvalue weighted by Gasteiger charge is -2.44. The Kier molecular flexibility index (Phi) is 3.99. The van der Waals surface area contributed by atoms with Crippen LogP contribution in [0, 0.1) is 0 Å². The summed E-state index contributed by atoms with van der Waals surface area (Å²) in [7, 11) is -1.93. The zero-order chi connectivity index (χ0) is 17.2. The smallest absolute Gasteiger partial charge is 0.223 e. The molecule has 0 aromatic heterocycles. The summed E-state index contributed by atoms with van der Waals surface area (Å²) >= 11 is 0. The highest BCUT2D eigenvalue weighted by Gasteiger charge is 2.59. The minimum Gasteiger partial charge on any atom is -0.409 e. The topological polar surface area (TPSA) is 48.0 Å². The van der Waals surface area contributed by atoms with Crippen molar-refractivity contribution in [3.05, 3.63) is 0 Å². The van der Waals surface area contributed by atoms with Gasteiger partial charge in [0.25, 0.3) is 0 Å². The number of amides is 1. The average molecular weight is 342 g/mol. The molecule has 0 radical (unpaired) electrons. The third-order valence-electron chi connectivity index (χ3n) is 6.00. The van der Waals surface area contributed by atoms with E-state index >= 15 is 0 Å². The van der Waals surface area contributed by atoms with Gasteiger partial charge in [-0.2, -0.15) is 0 Å². The van der Waals surface area contributed by atoms with Crippen molar-refractivity contribution in [2.24, 2.45) is 0 Å². The number of carbonyl (C=O) groups excluding carboxylic acids is 1. The Morgan fingerprint density at radius 1 is 1.26 bits per heavy atom. The first kappa shape index (κ1) is 17.4. The molecule has 4 atom stereocenters. The SMILES string of the molecule is CC1(C)OC[C@@H]2[C@H](O1)[C@H](O[Si](C)(C)C(C)(C)C)[C@@H]1CCC(=O)N21. The van der Waals surface area contributed by atoms with Gasteiger partial charge in [-0.3, -0.25) is 4.79 Å². The number of nitrogens with zero attached hydrogens (tertiary/aromatic N) is 1. The van der Waals surface area contributed by atoms with E-state index in [1.54, 1.807) is 0 Å². The monoisotopic (exact) mass is 341 g/mol. The summed E-state index contributed by atoms with van der Waals surface area (Å²) in [5.41, 5.74) is 0. The summed E-state index contributed by atoms with van der Waals surface area (Å²) in [4.78, 5) is 14.3. The van der Waals surface area contributed by atoms with Gasteiger partial charge < -0.3 is 18.8 Å². The van der Waals surface area contributed by atoms with Crippen LogP contribution in [0.15, 0.2) is 0 Å². The second-order valence-corrected chi connectivity index (χ2v) is 13.9. The van der Waals surface area contributed by atoms with E-state index in [9.17, 15) is 4.79 Å². The largest absolute Gasteiger partial charge is 0.409 e. The molecule has 3 aliphatic rings. The molecule has 23 heavy (non-hydrogen) atoms. The van der Waals surface area contributed by atoms with Crippen molar-refractivity contribution in [3.8, 4) is 0 Å². The number of rotatable bonds is 2. The molecule has 0 aromatic carbocycles. The van der Waals surface area contributed by atoms with E-state index in [0.717, 1.165) is 6.42 Å². The average Bonchev–Trinajstić information content (AvgIpc) is 2.88. The predicted octanol–water partition coefficient (Wildman–Crippen LogP) is 2.90. The molecule has 0 aromatic rings. The van der Waals surface area contributed by atoms with Crippen LogP contribution >= 0.6 is 0 Å². The van der Waals surface area contributed by atoms with E-state index < -0.39 is 14.1 Å². The second-order valence-electron chi connectivity index (χ2n) is 9.11. The number of carbonyl (C=O) groups is 1. The van der Waals surface area contributed by atoms with Crippen molar-refractivity contribution in [3.63, 3.8) is 0 Å². The van der Waals surface area contributed by atoms with Crippen molar-refractivity contribution >= 4 is 14.2 Å². The summed E-state index contributed by atoms with van der Waals surface area (Å²) in [6.07, 6.45) is 1.38. The Morgan fingerprint density at radius 3 is 2.52 bits per heavy atom. The predicted molar refractivity (Wildman–Crippen MR) is 90.6 cm³/mol. The highest BCUT2D eigenvalue weighted by molar-refractivity contribution is 6.74. The summed E-state index contributed by atoms with van der Waals surface area (Å²) in [6.45, 7) is 15.7. The lowest BCUT2D eigenvalue weighted by Crippen LogP contribution is -2.55. The van der Waals surface area contributed by atoms with Gasteiger partial charge in [0.2, 0.25) is 5.91 Å². The highest BCUT2D eigenvalue weighted by Crippen LogP contribution is 2.45. The molecular weight excluding hydrogens is 310 g/mol. The van der Waals surface area contributed by atoms with E-state index in [2.05, 4.69) is 33.9 Å². The van der Waals surface area contributed by atoms with Crippen LogP contribution in [-0.2, 0) is 18.7 Å². The summed E-state index contributed by atoms with van der Waals surface area (Å²) in [6, 6.07) is 0.141. The van der Waals surface area contributed by atoms with Crippen LogP contribution in [-0.4, -0.2) is 55.8 Å². The van der Waals surface area contributed by atoms with E-state index in [4.69, 9.17) is 13.9 Å². The summed E-state index contributed by atoms with van der Waals surface area (Å²) in [5.74, 6) is -0.392. The molecule has 3 rings (SSSR count). The third kappa shape index (κ3) is 2.88. The van der Waals surface area contributed by atoms with E-state index in [0.29, 0.717) is 13.0 Å². The normalized spacial score (nSPS) is 37.0. The molecule has 3 saturated heterocycles. The van der Waals surface area contributed by atoms with Gasteiger partial charge in [0, 0.05) is 6.42 Å². The Morgan fingerprint density at radius 2 is 1.91 bits per heavy atom. The van der Waals surface area contributed by atoms with Crippen molar-refractivity contribution in [1.29, 1.82) is 0 Å². The van der Waals surface area contributed by atoms with E-state index in [-0.39, 0.29) is 35.2 Å². The molecule has 5 nitrogen and oxygen atoms in total. The van der Waals surface area contributed by atoms with Crippen molar-refractivity contribution in [2.45, 2.75) is 95.7 Å². The van der Waals surface area contributed by atoms with Gasteiger partial charge in [0.05, 0.1) is 24.8 Å². The van der Waals surface area contributed by atoms with Crippen LogP contribution in [0.5, 0.6) is 0 Å². The first-order chi connectivity index (χ1) is 10.4. The van der Waals surface area contributed by atoms with Crippen molar-refractivity contribution in [1.82, 2.24) is 4.90 Å². The number of fused-ring (bicyclic) bond motifs is 3. The molecule has 0 bridgehead atoms. The molecule has 3 aliphatic heterocycles. The molecule has 0 spiro atoms. The molecule has 0 unspecified atom stereocenters. The Balaban J connectivity index is 1.89. The number of ether oxygens (including phenoxy) is 2. The maximum atomic E-state index is 12.4. The molecule has 3 fully saturated rings. The van der Waals surface area contributed by atoms with Crippen LogP contribution in [0.3, 0.4) is 0 Å². The lowest BCUT2D eigenvalue weighted by molar-refractivity contribution is -0.290. The molecule has 1 amide bonds. The second kappa shape index (κ2) is 5.28. The zero-order valence-corrected chi connectivity index (χ0v) is 16.5. The van der Waals surface area contributed by atoms with E-state index in [1.807, 2.05) is 18.7 Å². The van der Waals surface area contributed by atoms with Gasteiger partial charge in [0.15, 0.2) is 14.1 Å².